The van der Waals surface area contributed by atoms with Gasteiger partial charge < -0.3 is 5.32 Å². The van der Waals surface area contributed by atoms with Crippen LogP contribution in [0.2, 0.25) is 10.0 Å². The molecule has 3 heterocycles. The molecule has 0 aliphatic rings. The van der Waals surface area contributed by atoms with Crippen LogP contribution in [0.3, 0.4) is 0 Å². The summed E-state index contributed by atoms with van der Waals surface area (Å²) in [5.41, 5.74) is 1.95. The second kappa shape index (κ2) is 9.77. The van der Waals surface area contributed by atoms with Gasteiger partial charge in [0.2, 0.25) is 0 Å². The van der Waals surface area contributed by atoms with Crippen molar-refractivity contribution in [1.82, 2.24) is 24.4 Å². The van der Waals surface area contributed by atoms with Gasteiger partial charge >= 0.3 is 6.18 Å². The Bertz CT molecular complexity index is 1690. The minimum absolute atomic E-state index is 0.110. The number of aryl methyl sites for hydroxylation is 2. The third kappa shape index (κ3) is 5.23. The van der Waals surface area contributed by atoms with Crippen molar-refractivity contribution in [3.8, 4) is 11.3 Å². The zero-order valence-corrected chi connectivity index (χ0v) is 21.5. The summed E-state index contributed by atoms with van der Waals surface area (Å²) in [6.07, 6.45) is -3.10. The second-order valence-electron chi connectivity index (χ2n) is 8.71. The van der Waals surface area contributed by atoms with Crippen molar-refractivity contribution in [3.05, 3.63) is 98.9 Å². The number of carbonyl (C=O) groups excluding carboxylic acids is 1. The molecule has 38 heavy (non-hydrogen) atoms. The van der Waals surface area contributed by atoms with Gasteiger partial charge in [-0.15, -0.1) is 0 Å². The Hall–Kier alpha value is -3.89. The zero-order valence-electron chi connectivity index (χ0n) is 20.0. The van der Waals surface area contributed by atoms with E-state index in [4.69, 9.17) is 23.2 Å². The lowest BCUT2D eigenvalue weighted by Crippen LogP contribution is -2.16. The summed E-state index contributed by atoms with van der Waals surface area (Å²) in [6.45, 7) is 4.10. The molecule has 0 aliphatic heterocycles. The highest BCUT2D eigenvalue weighted by atomic mass is 35.5. The van der Waals surface area contributed by atoms with Gasteiger partial charge in [-0.25, -0.2) is 9.50 Å². The molecule has 0 bridgehead atoms. The van der Waals surface area contributed by atoms with Gasteiger partial charge in [-0.2, -0.15) is 23.4 Å². The fourth-order valence-corrected chi connectivity index (χ4v) is 4.33. The summed E-state index contributed by atoms with van der Waals surface area (Å²) >= 11 is 12.1. The smallest absolute Gasteiger partial charge is 0.304 e. The van der Waals surface area contributed by atoms with Crippen LogP contribution in [0.1, 0.15) is 32.9 Å². The lowest BCUT2D eigenvalue weighted by molar-refractivity contribution is -0.142. The van der Waals surface area contributed by atoms with Crippen LogP contribution in [-0.4, -0.2) is 30.3 Å². The molecule has 0 saturated carbocycles. The molecule has 194 valence electrons. The average molecular weight is 559 g/mol. The van der Waals surface area contributed by atoms with Crippen molar-refractivity contribution in [2.75, 3.05) is 5.32 Å². The number of hydrogen-bond acceptors (Lipinski definition) is 4. The zero-order chi connectivity index (χ0) is 27.2. The topological polar surface area (TPSA) is 77.1 Å². The van der Waals surface area contributed by atoms with Crippen LogP contribution in [0, 0.1) is 13.8 Å². The van der Waals surface area contributed by atoms with E-state index >= 15 is 0 Å². The van der Waals surface area contributed by atoms with Gasteiger partial charge in [0.05, 0.1) is 12.2 Å². The SMILES string of the molecule is Cc1ccc(-c2cc(C(F)(F)F)n3nc(C(=O)Nc4ccn(Cc5ccc(Cl)cc5Cl)n4)cc3n2)cc1C. The number of hydrogen-bond donors (Lipinski definition) is 1. The molecular formula is C26H19Cl2F3N6O. The lowest BCUT2D eigenvalue weighted by atomic mass is 10.0. The standard InChI is InChI=1S/C26H19Cl2F3N6O/c1-14-3-4-16(9-15(14)2)20-11-22(26(29,30)31)37-24(32-20)12-21(34-37)25(38)33-23-7-8-36(35-23)13-17-5-6-18(27)10-19(17)28/h3-12H,13H2,1-2H3,(H,33,35,38). The number of anilines is 1. The number of nitrogens with one attached hydrogen (secondary N) is 1. The second-order valence-corrected chi connectivity index (χ2v) is 9.56. The molecule has 5 aromatic rings. The summed E-state index contributed by atoms with van der Waals surface area (Å²) < 4.78 is 44.0. The van der Waals surface area contributed by atoms with Crippen LogP contribution in [0.5, 0.6) is 0 Å². The maximum atomic E-state index is 13.9. The van der Waals surface area contributed by atoms with E-state index in [1.807, 2.05) is 19.9 Å². The average Bonchev–Trinajstić information content (AvgIpc) is 3.48. The molecule has 0 spiro atoms. The number of carbonyl (C=O) groups is 1. The van der Waals surface area contributed by atoms with Gasteiger partial charge in [-0.1, -0.05) is 41.4 Å². The quantitative estimate of drug-likeness (QED) is 0.256. The van der Waals surface area contributed by atoms with E-state index < -0.39 is 17.8 Å². The summed E-state index contributed by atoms with van der Waals surface area (Å²) in [5, 5.41) is 11.7. The number of alkyl halides is 3. The van der Waals surface area contributed by atoms with Crippen LogP contribution in [0.15, 0.2) is 60.8 Å². The number of benzene rings is 2. The minimum Gasteiger partial charge on any atom is -0.304 e. The fourth-order valence-electron chi connectivity index (χ4n) is 3.86. The van der Waals surface area contributed by atoms with Gasteiger partial charge in [0.15, 0.2) is 22.9 Å². The maximum Gasteiger partial charge on any atom is 0.433 e. The molecule has 0 fully saturated rings. The number of aromatic nitrogens is 5. The van der Waals surface area contributed by atoms with Crippen molar-refractivity contribution in [3.63, 3.8) is 0 Å². The Labute approximate surface area is 224 Å². The molecule has 2 aromatic carbocycles. The molecule has 5 rings (SSSR count). The monoisotopic (exact) mass is 558 g/mol. The number of rotatable bonds is 5. The first-order chi connectivity index (χ1) is 18.0. The van der Waals surface area contributed by atoms with Crippen LogP contribution in [0.25, 0.3) is 16.9 Å². The van der Waals surface area contributed by atoms with Crippen molar-refractivity contribution in [1.29, 1.82) is 0 Å². The largest absolute Gasteiger partial charge is 0.433 e. The Morgan fingerprint density at radius 2 is 1.76 bits per heavy atom. The first-order valence-electron chi connectivity index (χ1n) is 11.3. The highest BCUT2D eigenvalue weighted by molar-refractivity contribution is 6.35. The molecule has 1 amide bonds. The third-order valence-corrected chi connectivity index (χ3v) is 6.57. The number of fused-ring (bicyclic) bond motifs is 1. The van der Waals surface area contributed by atoms with E-state index in [1.54, 1.807) is 47.3 Å². The molecule has 0 radical (unpaired) electrons. The normalized spacial score (nSPS) is 11.8. The number of amides is 1. The molecule has 7 nitrogen and oxygen atoms in total. The van der Waals surface area contributed by atoms with Crippen LogP contribution < -0.4 is 5.32 Å². The highest BCUT2D eigenvalue weighted by Gasteiger charge is 2.35. The molecule has 0 unspecified atom stereocenters. The van der Waals surface area contributed by atoms with E-state index in [0.717, 1.165) is 22.8 Å². The van der Waals surface area contributed by atoms with Gasteiger partial charge in [-0.3, -0.25) is 9.48 Å². The summed E-state index contributed by atoms with van der Waals surface area (Å²) in [4.78, 5) is 17.2. The Morgan fingerprint density at radius 3 is 2.47 bits per heavy atom. The Morgan fingerprint density at radius 1 is 0.974 bits per heavy atom. The van der Waals surface area contributed by atoms with Gasteiger partial charge in [0.25, 0.3) is 5.91 Å². The third-order valence-electron chi connectivity index (χ3n) is 5.98. The van der Waals surface area contributed by atoms with Crippen molar-refractivity contribution in [2.24, 2.45) is 0 Å². The first-order valence-corrected chi connectivity index (χ1v) is 12.1. The predicted octanol–water partition coefficient (Wildman–Crippen LogP) is 6.84. The Kier molecular flexibility index (Phi) is 6.62. The van der Waals surface area contributed by atoms with Crippen LogP contribution in [-0.2, 0) is 12.7 Å². The molecule has 0 aliphatic carbocycles. The molecule has 0 atom stereocenters. The first kappa shape index (κ1) is 25.7. The minimum atomic E-state index is -4.73. The van der Waals surface area contributed by atoms with E-state index in [9.17, 15) is 18.0 Å². The summed E-state index contributed by atoms with van der Waals surface area (Å²) in [7, 11) is 0. The van der Waals surface area contributed by atoms with E-state index in [1.165, 1.54) is 6.07 Å². The maximum absolute atomic E-state index is 13.9. The Balaban J connectivity index is 1.43. The van der Waals surface area contributed by atoms with E-state index in [-0.39, 0.29) is 22.9 Å². The van der Waals surface area contributed by atoms with E-state index in [2.05, 4.69) is 20.5 Å². The van der Waals surface area contributed by atoms with Crippen molar-refractivity contribution >= 4 is 40.6 Å². The summed E-state index contributed by atoms with van der Waals surface area (Å²) in [6, 6.07) is 14.1. The molecule has 1 N–H and O–H groups in total. The number of nitrogens with zero attached hydrogens (tertiary/aromatic N) is 5. The molecule has 3 aromatic heterocycles. The molecular weight excluding hydrogens is 540 g/mol. The van der Waals surface area contributed by atoms with Gasteiger partial charge in [-0.05, 0) is 54.8 Å². The van der Waals surface area contributed by atoms with Crippen LogP contribution in [0.4, 0.5) is 19.0 Å². The highest BCUT2D eigenvalue weighted by Crippen LogP contribution is 2.33. The predicted molar refractivity (Wildman–Crippen MR) is 139 cm³/mol. The van der Waals surface area contributed by atoms with E-state index in [0.29, 0.717) is 26.7 Å². The molecule has 0 saturated heterocycles. The van der Waals surface area contributed by atoms with Gasteiger partial charge in [0.1, 0.15) is 0 Å². The number of halogens is 5. The van der Waals surface area contributed by atoms with Crippen molar-refractivity contribution < 1.29 is 18.0 Å². The lowest BCUT2D eigenvalue weighted by Gasteiger charge is -2.11. The van der Waals surface area contributed by atoms with Crippen molar-refractivity contribution in [2.45, 2.75) is 26.6 Å². The van der Waals surface area contributed by atoms with Crippen LogP contribution >= 0.6 is 23.2 Å². The fraction of sp³-hybridized carbons (Fsp3) is 0.154. The van der Waals surface area contributed by atoms with Gasteiger partial charge in [0, 0.05) is 33.9 Å². The molecule has 12 heteroatoms. The summed E-state index contributed by atoms with van der Waals surface area (Å²) in [5.74, 6) is -0.539.